The molecule has 0 aliphatic carbocycles. The van der Waals surface area contributed by atoms with Crippen LogP contribution in [-0.4, -0.2) is 61.5 Å². The number of carbonyl (C=O) groups is 2. The van der Waals surface area contributed by atoms with Crippen LogP contribution in [-0.2, 0) is 37.4 Å². The van der Waals surface area contributed by atoms with Crippen molar-refractivity contribution in [3.63, 3.8) is 0 Å². The Morgan fingerprint density at radius 1 is 0.643 bits per heavy atom. The molecule has 3 N–H and O–H groups in total. The van der Waals surface area contributed by atoms with Crippen molar-refractivity contribution < 1.29 is 42.3 Å². The fourth-order valence-electron chi connectivity index (χ4n) is 5.92. The maximum Gasteiger partial charge on any atom is 0.472 e. The molecule has 0 saturated carbocycles. The summed E-state index contributed by atoms with van der Waals surface area (Å²) < 4.78 is 38.6. The number of unbranched alkanes of at least 4 members (excludes halogenated alkanes) is 13. The number of hydrogen-bond donors (Lipinski definition) is 2. The molecular weight excluding hydrogens is 729 g/mol. The Hall–Kier alpha value is -2.33. The number of hydrogen-bond acceptors (Lipinski definition) is 9. The third-order valence-corrected chi connectivity index (χ3v) is 10.3. The van der Waals surface area contributed by atoms with Crippen LogP contribution in [0.5, 0.6) is 0 Å². The molecule has 1 aliphatic rings. The molecule has 0 amide bonds. The Bertz CT molecular complexity index is 1170. The third kappa shape index (κ3) is 33.8. The molecule has 11 heteroatoms. The van der Waals surface area contributed by atoms with Crippen LogP contribution >= 0.6 is 7.82 Å². The Morgan fingerprint density at radius 2 is 1.16 bits per heavy atom. The fraction of sp³-hybridized carbons (Fsp3) is 0.733. The Morgan fingerprint density at radius 3 is 1.77 bits per heavy atom. The Kier molecular flexibility index (Phi) is 34.1. The van der Waals surface area contributed by atoms with Crippen LogP contribution in [0.4, 0.5) is 0 Å². The van der Waals surface area contributed by atoms with Crippen LogP contribution in [0.1, 0.15) is 168 Å². The lowest BCUT2D eigenvalue weighted by Crippen LogP contribution is -2.29. The molecule has 0 aromatic carbocycles. The van der Waals surface area contributed by atoms with Crippen LogP contribution in [0, 0.1) is 0 Å². The van der Waals surface area contributed by atoms with Gasteiger partial charge in [-0.2, -0.15) is 0 Å². The standard InChI is InChI=1S/C45H78NO9P/c1-3-5-7-9-11-12-13-14-15-16-17-18-19-20-21-22-23-27-32-36-45(48)54-41(40-53-56(49,50)52-38-37-46)39-51-44(47)35-31-28-24-26-30-34-43-42(55-43)33-29-25-10-8-6-4-2/h11-12,14-15,17-18,20-21,25,29,41-43H,3-10,13,16,19,22-24,26-28,30-40,46H2,1-2H3,(H,49,50)/b12-11-,15-14-,18-17-,21-20-,29-25-/t41-,42?,43?/m1/s1. The molecule has 322 valence electrons. The first kappa shape index (κ1) is 51.7. The maximum atomic E-state index is 12.6. The molecule has 1 heterocycles. The van der Waals surface area contributed by atoms with Gasteiger partial charge >= 0.3 is 19.8 Å². The monoisotopic (exact) mass is 808 g/mol. The van der Waals surface area contributed by atoms with Gasteiger partial charge in [0, 0.05) is 19.4 Å². The highest BCUT2D eigenvalue weighted by Crippen LogP contribution is 2.43. The number of esters is 2. The summed E-state index contributed by atoms with van der Waals surface area (Å²) in [5.41, 5.74) is 5.35. The minimum Gasteiger partial charge on any atom is -0.462 e. The predicted octanol–water partition coefficient (Wildman–Crippen LogP) is 11.5. The lowest BCUT2D eigenvalue weighted by Gasteiger charge is -2.19. The van der Waals surface area contributed by atoms with Crippen molar-refractivity contribution in [2.45, 2.75) is 186 Å². The smallest absolute Gasteiger partial charge is 0.462 e. The first-order valence-electron chi connectivity index (χ1n) is 21.9. The van der Waals surface area contributed by atoms with Crippen molar-refractivity contribution in [2.75, 3.05) is 26.4 Å². The first-order chi connectivity index (χ1) is 27.3. The molecule has 1 saturated heterocycles. The van der Waals surface area contributed by atoms with Crippen molar-refractivity contribution in [3.8, 4) is 0 Å². The van der Waals surface area contributed by atoms with Crippen LogP contribution in [0.25, 0.3) is 0 Å². The molecule has 10 nitrogen and oxygen atoms in total. The molecule has 1 fully saturated rings. The molecule has 3 unspecified atom stereocenters. The first-order valence-corrected chi connectivity index (χ1v) is 23.4. The molecule has 4 atom stereocenters. The van der Waals surface area contributed by atoms with Gasteiger partial charge < -0.3 is 24.8 Å². The van der Waals surface area contributed by atoms with Crippen molar-refractivity contribution in [1.29, 1.82) is 0 Å². The van der Waals surface area contributed by atoms with E-state index in [2.05, 4.69) is 74.6 Å². The number of allylic oxidation sites excluding steroid dienone is 9. The number of rotatable bonds is 39. The number of nitrogens with two attached hydrogens (primary N) is 1. The van der Waals surface area contributed by atoms with E-state index in [4.69, 9.17) is 29.0 Å². The minimum atomic E-state index is -4.40. The van der Waals surface area contributed by atoms with Gasteiger partial charge in [-0.1, -0.05) is 132 Å². The Balaban J connectivity index is 2.22. The molecule has 0 aromatic rings. The van der Waals surface area contributed by atoms with E-state index in [0.717, 1.165) is 83.5 Å². The van der Waals surface area contributed by atoms with Crippen LogP contribution in [0.2, 0.25) is 0 Å². The van der Waals surface area contributed by atoms with E-state index >= 15 is 0 Å². The van der Waals surface area contributed by atoms with E-state index in [9.17, 15) is 19.0 Å². The maximum absolute atomic E-state index is 12.6. The quantitative estimate of drug-likeness (QED) is 0.0202. The van der Waals surface area contributed by atoms with Gasteiger partial charge in [0.25, 0.3) is 0 Å². The second-order valence-corrected chi connectivity index (χ2v) is 16.0. The van der Waals surface area contributed by atoms with Gasteiger partial charge in [0.1, 0.15) is 6.61 Å². The minimum absolute atomic E-state index is 0.0406. The van der Waals surface area contributed by atoms with E-state index in [1.807, 2.05) is 0 Å². The number of phosphoric acid groups is 1. The van der Waals surface area contributed by atoms with Gasteiger partial charge in [0.05, 0.1) is 25.4 Å². The molecular formula is C45H78NO9P. The number of epoxide rings is 1. The second kappa shape index (κ2) is 37.0. The van der Waals surface area contributed by atoms with E-state index < -0.39 is 32.5 Å². The second-order valence-electron chi connectivity index (χ2n) is 14.6. The highest BCUT2D eigenvalue weighted by molar-refractivity contribution is 7.47. The summed E-state index contributed by atoms with van der Waals surface area (Å²) >= 11 is 0. The summed E-state index contributed by atoms with van der Waals surface area (Å²) in [4.78, 5) is 34.9. The molecule has 0 spiro atoms. The third-order valence-electron chi connectivity index (χ3n) is 9.30. The summed E-state index contributed by atoms with van der Waals surface area (Å²) in [6.07, 6.45) is 45.5. The summed E-state index contributed by atoms with van der Waals surface area (Å²) in [5, 5.41) is 0. The summed E-state index contributed by atoms with van der Waals surface area (Å²) in [5.74, 6) is -0.892. The van der Waals surface area contributed by atoms with Crippen molar-refractivity contribution in [3.05, 3.63) is 60.8 Å². The molecule has 1 rings (SSSR count). The zero-order valence-corrected chi connectivity index (χ0v) is 35.9. The van der Waals surface area contributed by atoms with Gasteiger partial charge in [-0.15, -0.1) is 0 Å². The van der Waals surface area contributed by atoms with E-state index in [0.29, 0.717) is 25.0 Å². The fourth-order valence-corrected chi connectivity index (χ4v) is 6.68. The number of carbonyl (C=O) groups excluding carboxylic acids is 2. The van der Waals surface area contributed by atoms with Crippen molar-refractivity contribution >= 4 is 19.8 Å². The summed E-state index contributed by atoms with van der Waals surface area (Å²) in [6, 6.07) is 0. The molecule has 0 bridgehead atoms. The normalized spacial score (nSPS) is 17.5. The van der Waals surface area contributed by atoms with Gasteiger partial charge in [0.2, 0.25) is 0 Å². The van der Waals surface area contributed by atoms with Crippen LogP contribution in [0.3, 0.4) is 0 Å². The largest absolute Gasteiger partial charge is 0.472 e. The van der Waals surface area contributed by atoms with Crippen molar-refractivity contribution in [1.82, 2.24) is 0 Å². The molecule has 0 radical (unpaired) electrons. The summed E-state index contributed by atoms with van der Waals surface area (Å²) in [7, 11) is -4.40. The zero-order valence-electron chi connectivity index (χ0n) is 35.0. The number of ether oxygens (including phenoxy) is 3. The van der Waals surface area contributed by atoms with Gasteiger partial charge in [-0.05, 0) is 83.5 Å². The molecule has 0 aromatic heterocycles. The average molecular weight is 808 g/mol. The zero-order chi connectivity index (χ0) is 40.8. The Labute approximate surface area is 340 Å². The van der Waals surface area contributed by atoms with E-state index in [1.54, 1.807) is 0 Å². The lowest BCUT2D eigenvalue weighted by atomic mass is 10.1. The SMILES string of the molecule is CCCCC/C=C\C/C=C\C/C=C\C/C=C\CCCCCC(=O)O[C@H](COC(=O)CCCCCCCC1OC1C/C=C\CCCCC)COP(=O)(O)OCCN. The number of phosphoric ester groups is 1. The highest BCUT2D eigenvalue weighted by atomic mass is 31.2. The average Bonchev–Trinajstić information content (AvgIpc) is 3.94. The van der Waals surface area contributed by atoms with Gasteiger partial charge in [0.15, 0.2) is 6.10 Å². The van der Waals surface area contributed by atoms with Gasteiger partial charge in [-0.3, -0.25) is 18.6 Å². The molecule has 1 aliphatic heterocycles. The van der Waals surface area contributed by atoms with Crippen LogP contribution in [0.15, 0.2) is 60.8 Å². The lowest BCUT2D eigenvalue weighted by molar-refractivity contribution is -0.161. The predicted molar refractivity (Wildman–Crippen MR) is 228 cm³/mol. The van der Waals surface area contributed by atoms with E-state index in [-0.39, 0.29) is 32.6 Å². The van der Waals surface area contributed by atoms with Crippen LogP contribution < -0.4 is 5.73 Å². The highest BCUT2D eigenvalue weighted by Gasteiger charge is 2.36. The van der Waals surface area contributed by atoms with Gasteiger partial charge in [-0.25, -0.2) is 4.57 Å². The molecule has 56 heavy (non-hydrogen) atoms. The van der Waals surface area contributed by atoms with Crippen molar-refractivity contribution in [2.24, 2.45) is 5.73 Å². The summed E-state index contributed by atoms with van der Waals surface area (Å²) in [6.45, 7) is 3.59. The topological polar surface area (TPSA) is 147 Å². The van der Waals surface area contributed by atoms with E-state index in [1.165, 1.54) is 44.9 Å².